The summed E-state index contributed by atoms with van der Waals surface area (Å²) in [5.41, 5.74) is 0. The second kappa shape index (κ2) is 2.49. The Kier molecular flexibility index (Phi) is 1.90. The maximum atomic E-state index is 3.43. The molecule has 1 rings (SSSR count). The topological polar surface area (TPSA) is 12.0 Å². The lowest BCUT2D eigenvalue weighted by molar-refractivity contribution is 0.343. The fourth-order valence-corrected chi connectivity index (χ4v) is 1.14. The summed E-state index contributed by atoms with van der Waals surface area (Å²) in [7, 11) is 0. The van der Waals surface area contributed by atoms with Gasteiger partial charge in [0.25, 0.3) is 0 Å². The van der Waals surface area contributed by atoms with Gasteiger partial charge in [-0.05, 0) is 32.2 Å². The molecule has 0 radical (unpaired) electrons. The van der Waals surface area contributed by atoms with Crippen LogP contribution in [0.3, 0.4) is 0 Å². The van der Waals surface area contributed by atoms with Crippen LogP contribution in [0.25, 0.3) is 0 Å². The van der Waals surface area contributed by atoms with Gasteiger partial charge in [0.05, 0.1) is 0 Å². The number of hydrogen-bond donors (Lipinski definition) is 1. The minimum Gasteiger partial charge on any atom is -0.314 e. The van der Waals surface area contributed by atoms with Crippen LogP contribution >= 0.6 is 0 Å². The first-order valence-electron chi connectivity index (χ1n) is 3.52. The van der Waals surface area contributed by atoms with Crippen molar-refractivity contribution in [2.75, 3.05) is 6.54 Å². The second-order valence-electron chi connectivity index (χ2n) is 2.99. The molecule has 0 saturated carbocycles. The molecular formula is C7H15N. The lowest BCUT2D eigenvalue weighted by Gasteiger charge is -2.24. The van der Waals surface area contributed by atoms with Gasteiger partial charge >= 0.3 is 0 Å². The van der Waals surface area contributed by atoms with Gasteiger partial charge in [0.2, 0.25) is 0 Å². The zero-order valence-corrected chi connectivity index (χ0v) is 5.78. The molecule has 1 unspecified atom stereocenters. The molecular weight excluding hydrogens is 98.1 g/mol. The average molecular weight is 113 g/mol. The third kappa shape index (κ3) is 1.48. The van der Waals surface area contributed by atoms with Crippen LogP contribution in [0.5, 0.6) is 0 Å². The van der Waals surface area contributed by atoms with Crippen molar-refractivity contribution < 1.29 is 0 Å². The van der Waals surface area contributed by atoms with Crippen LogP contribution in [-0.2, 0) is 0 Å². The molecule has 0 aromatic rings. The highest BCUT2D eigenvalue weighted by molar-refractivity contribution is 4.71. The molecule has 1 heterocycles. The van der Waals surface area contributed by atoms with Gasteiger partial charge in [0, 0.05) is 6.04 Å². The summed E-state index contributed by atoms with van der Waals surface area (Å²) in [6.07, 6.45) is 2.77. The number of hydrogen-bond acceptors (Lipinski definition) is 1. The van der Waals surface area contributed by atoms with Gasteiger partial charge in [-0.1, -0.05) is 6.92 Å². The van der Waals surface area contributed by atoms with Crippen LogP contribution < -0.4 is 5.32 Å². The van der Waals surface area contributed by atoms with Crippen molar-refractivity contribution in [3.05, 3.63) is 0 Å². The predicted octanol–water partition coefficient (Wildman–Crippen LogP) is 1.39. The van der Waals surface area contributed by atoms with Crippen molar-refractivity contribution in [3.63, 3.8) is 0 Å². The minimum absolute atomic E-state index is 0.770. The van der Waals surface area contributed by atoms with E-state index < -0.39 is 0 Å². The maximum absolute atomic E-state index is 3.43. The van der Waals surface area contributed by atoms with E-state index in [0.717, 1.165) is 12.0 Å². The summed E-state index contributed by atoms with van der Waals surface area (Å²) in [6.45, 7) is 5.78. The van der Waals surface area contributed by atoms with Gasteiger partial charge in [-0.25, -0.2) is 0 Å². The Morgan fingerprint density at radius 1 is 1.25 bits per heavy atom. The summed E-state index contributed by atoms with van der Waals surface area (Å²) in [6, 6.07) is 0.770. The molecule has 0 spiro atoms. The van der Waals surface area contributed by atoms with Gasteiger partial charge in [-0.15, -0.1) is 0 Å². The first-order valence-corrected chi connectivity index (χ1v) is 3.52. The standard InChI is InChI=1S/C7H15N/c1-6-3-4-7(2)8-5-6/h6-8H,3-5H2,1-2H3/t6?,7-/m1/s1. The van der Waals surface area contributed by atoms with Crippen molar-refractivity contribution in [3.8, 4) is 0 Å². The Morgan fingerprint density at radius 3 is 2.38 bits per heavy atom. The van der Waals surface area contributed by atoms with Gasteiger partial charge < -0.3 is 5.32 Å². The van der Waals surface area contributed by atoms with E-state index in [0.29, 0.717) is 0 Å². The molecule has 0 aromatic heterocycles. The van der Waals surface area contributed by atoms with Crippen LogP contribution in [0.4, 0.5) is 0 Å². The zero-order valence-electron chi connectivity index (χ0n) is 5.78. The molecule has 48 valence electrons. The summed E-state index contributed by atoms with van der Waals surface area (Å²) in [4.78, 5) is 0. The highest BCUT2D eigenvalue weighted by Crippen LogP contribution is 2.11. The number of rotatable bonds is 0. The highest BCUT2D eigenvalue weighted by atomic mass is 14.9. The van der Waals surface area contributed by atoms with Crippen LogP contribution in [0.15, 0.2) is 0 Å². The van der Waals surface area contributed by atoms with Crippen molar-refractivity contribution in [2.24, 2.45) is 5.92 Å². The first kappa shape index (κ1) is 6.09. The molecule has 1 aliphatic heterocycles. The van der Waals surface area contributed by atoms with E-state index in [4.69, 9.17) is 0 Å². The van der Waals surface area contributed by atoms with Crippen molar-refractivity contribution in [2.45, 2.75) is 32.7 Å². The Morgan fingerprint density at radius 2 is 2.00 bits per heavy atom. The van der Waals surface area contributed by atoms with Crippen LogP contribution in [0.1, 0.15) is 26.7 Å². The largest absolute Gasteiger partial charge is 0.314 e. The lowest BCUT2D eigenvalue weighted by atomic mass is 9.98. The average Bonchev–Trinajstić information content (AvgIpc) is 1.77. The molecule has 1 saturated heterocycles. The lowest BCUT2D eigenvalue weighted by Crippen LogP contribution is -2.35. The van der Waals surface area contributed by atoms with E-state index in [2.05, 4.69) is 19.2 Å². The molecule has 8 heavy (non-hydrogen) atoms. The summed E-state index contributed by atoms with van der Waals surface area (Å²) in [5.74, 6) is 0.909. The highest BCUT2D eigenvalue weighted by Gasteiger charge is 2.11. The molecule has 0 aromatic carbocycles. The maximum Gasteiger partial charge on any atom is 0.00389 e. The van der Waals surface area contributed by atoms with Crippen molar-refractivity contribution in [1.82, 2.24) is 5.32 Å². The summed E-state index contributed by atoms with van der Waals surface area (Å²) >= 11 is 0. The van der Waals surface area contributed by atoms with Crippen LogP contribution in [-0.4, -0.2) is 12.6 Å². The molecule has 1 nitrogen and oxygen atoms in total. The van der Waals surface area contributed by atoms with Crippen LogP contribution in [0.2, 0.25) is 0 Å². The molecule has 2 atom stereocenters. The third-order valence-electron chi connectivity index (χ3n) is 1.91. The van der Waals surface area contributed by atoms with Gasteiger partial charge in [-0.3, -0.25) is 0 Å². The quantitative estimate of drug-likeness (QED) is 0.500. The van der Waals surface area contributed by atoms with E-state index in [1.165, 1.54) is 19.4 Å². The van der Waals surface area contributed by atoms with E-state index in [-0.39, 0.29) is 0 Å². The molecule has 1 fully saturated rings. The van der Waals surface area contributed by atoms with Gasteiger partial charge in [0.1, 0.15) is 0 Å². The predicted molar refractivity (Wildman–Crippen MR) is 35.9 cm³/mol. The molecule has 1 aliphatic rings. The van der Waals surface area contributed by atoms with E-state index >= 15 is 0 Å². The fourth-order valence-electron chi connectivity index (χ4n) is 1.14. The summed E-state index contributed by atoms with van der Waals surface area (Å²) < 4.78 is 0. The molecule has 0 bridgehead atoms. The van der Waals surface area contributed by atoms with E-state index in [1.807, 2.05) is 0 Å². The Balaban J connectivity index is 2.19. The second-order valence-corrected chi connectivity index (χ2v) is 2.99. The first-order chi connectivity index (χ1) is 3.79. The van der Waals surface area contributed by atoms with E-state index in [1.54, 1.807) is 0 Å². The summed E-state index contributed by atoms with van der Waals surface area (Å²) in [5, 5.41) is 3.43. The van der Waals surface area contributed by atoms with Crippen molar-refractivity contribution in [1.29, 1.82) is 0 Å². The monoisotopic (exact) mass is 113 g/mol. The molecule has 1 heteroatoms. The number of nitrogens with one attached hydrogen (secondary N) is 1. The Labute approximate surface area is 51.5 Å². The molecule has 0 amide bonds. The SMILES string of the molecule is CC1CC[C@@H](C)NC1. The third-order valence-corrected chi connectivity index (χ3v) is 1.91. The number of piperidine rings is 1. The van der Waals surface area contributed by atoms with Gasteiger partial charge in [0.15, 0.2) is 0 Å². The smallest absolute Gasteiger partial charge is 0.00389 e. The molecule has 0 aliphatic carbocycles. The van der Waals surface area contributed by atoms with Crippen molar-refractivity contribution >= 4 is 0 Å². The Bertz CT molecular complexity index is 52.8. The minimum atomic E-state index is 0.770. The van der Waals surface area contributed by atoms with E-state index in [9.17, 15) is 0 Å². The normalized spacial score (nSPS) is 39.8. The van der Waals surface area contributed by atoms with Gasteiger partial charge in [-0.2, -0.15) is 0 Å². The zero-order chi connectivity index (χ0) is 5.98. The molecule has 1 N–H and O–H groups in total. The fraction of sp³-hybridized carbons (Fsp3) is 1.00. The Hall–Kier alpha value is -0.0400. The van der Waals surface area contributed by atoms with Crippen LogP contribution in [0, 0.1) is 5.92 Å².